The average molecular weight is 522 g/mol. The van der Waals surface area contributed by atoms with Crippen LogP contribution < -0.4 is 14.8 Å². The predicted molar refractivity (Wildman–Crippen MR) is 125 cm³/mol. The highest BCUT2D eigenvalue weighted by Gasteiger charge is 2.19. The first kappa shape index (κ1) is 23.8. The van der Waals surface area contributed by atoms with E-state index in [0.717, 1.165) is 15.8 Å². The lowest BCUT2D eigenvalue weighted by Crippen LogP contribution is -2.14. The van der Waals surface area contributed by atoms with Crippen LogP contribution in [0.25, 0.3) is 0 Å². The lowest BCUT2D eigenvalue weighted by Gasteiger charge is -2.10. The Hall–Kier alpha value is -2.85. The zero-order chi connectivity index (χ0) is 23.3. The maximum absolute atomic E-state index is 12.5. The third kappa shape index (κ3) is 6.10. The van der Waals surface area contributed by atoms with Gasteiger partial charge in [-0.05, 0) is 85.1 Å². The summed E-state index contributed by atoms with van der Waals surface area (Å²) in [6, 6.07) is 11.7. The molecule has 0 aliphatic carbocycles. The summed E-state index contributed by atoms with van der Waals surface area (Å²) in [6.07, 6.45) is 0.813. The highest BCUT2D eigenvalue weighted by atomic mass is 79.9. The maximum atomic E-state index is 12.5. The van der Waals surface area contributed by atoms with Gasteiger partial charge in [0.2, 0.25) is 11.8 Å². The van der Waals surface area contributed by atoms with E-state index in [1.165, 1.54) is 24.3 Å². The number of aromatic nitrogens is 1. The van der Waals surface area contributed by atoms with Crippen LogP contribution in [0.4, 0.5) is 11.6 Å². The van der Waals surface area contributed by atoms with Crippen molar-refractivity contribution >= 4 is 43.4 Å². The normalized spacial score (nSPS) is 11.2. The fraction of sp³-hybridized carbons (Fsp3) is 0.273. The number of benzene rings is 2. The van der Waals surface area contributed by atoms with Gasteiger partial charge in [-0.2, -0.15) is 0 Å². The van der Waals surface area contributed by atoms with Crippen LogP contribution in [0, 0.1) is 20.8 Å². The lowest BCUT2D eigenvalue weighted by molar-refractivity contribution is -0.116. The Bertz CT molecular complexity index is 1210. The van der Waals surface area contributed by atoms with Crippen molar-refractivity contribution in [3.63, 3.8) is 0 Å². The highest BCUT2D eigenvalue weighted by Crippen LogP contribution is 2.26. The van der Waals surface area contributed by atoms with Gasteiger partial charge >= 0.3 is 0 Å². The van der Waals surface area contributed by atoms with E-state index < -0.39 is 10.0 Å². The van der Waals surface area contributed by atoms with Crippen LogP contribution in [0.3, 0.4) is 0 Å². The molecule has 8 nitrogen and oxygen atoms in total. The summed E-state index contributed by atoms with van der Waals surface area (Å²) < 4.78 is 39.0. The molecule has 0 bridgehead atoms. The number of rotatable bonds is 9. The number of amides is 1. The molecule has 1 aromatic heterocycles. The van der Waals surface area contributed by atoms with E-state index in [1.54, 1.807) is 13.8 Å². The summed E-state index contributed by atoms with van der Waals surface area (Å²) >= 11 is 3.46. The van der Waals surface area contributed by atoms with Crippen molar-refractivity contribution in [2.24, 2.45) is 0 Å². The van der Waals surface area contributed by atoms with Crippen LogP contribution in [-0.2, 0) is 14.8 Å². The molecule has 170 valence electrons. The fourth-order valence-corrected chi connectivity index (χ4v) is 4.42. The Balaban J connectivity index is 1.49. The van der Waals surface area contributed by atoms with E-state index in [1.807, 2.05) is 25.1 Å². The molecule has 0 aliphatic rings. The quantitative estimate of drug-likeness (QED) is 0.385. The van der Waals surface area contributed by atoms with Gasteiger partial charge in [0.25, 0.3) is 10.0 Å². The van der Waals surface area contributed by atoms with E-state index in [-0.39, 0.29) is 23.1 Å². The zero-order valence-corrected chi connectivity index (χ0v) is 20.3. The lowest BCUT2D eigenvalue weighted by atomic mass is 10.2. The van der Waals surface area contributed by atoms with Gasteiger partial charge in [0.1, 0.15) is 5.75 Å². The minimum atomic E-state index is -3.83. The molecule has 32 heavy (non-hydrogen) atoms. The van der Waals surface area contributed by atoms with Gasteiger partial charge in [0.05, 0.1) is 21.7 Å². The van der Waals surface area contributed by atoms with Gasteiger partial charge in [-0.25, -0.2) is 13.1 Å². The van der Waals surface area contributed by atoms with Gasteiger partial charge in [-0.1, -0.05) is 11.2 Å². The minimum absolute atomic E-state index is 0.0426. The number of hydrogen-bond donors (Lipinski definition) is 2. The molecule has 0 atom stereocenters. The molecule has 0 fully saturated rings. The molecule has 0 spiro atoms. The molecule has 1 heterocycles. The summed E-state index contributed by atoms with van der Waals surface area (Å²) in [4.78, 5) is 12.2. The number of halogens is 1. The summed E-state index contributed by atoms with van der Waals surface area (Å²) in [5.41, 5.74) is 2.86. The van der Waals surface area contributed by atoms with Crippen LogP contribution in [0.2, 0.25) is 0 Å². The number of carbonyl (C=O) groups is 1. The van der Waals surface area contributed by atoms with Gasteiger partial charge in [-0.15, -0.1) is 0 Å². The third-order valence-corrected chi connectivity index (χ3v) is 6.69. The first-order valence-corrected chi connectivity index (χ1v) is 12.2. The first-order valence-electron chi connectivity index (χ1n) is 9.90. The largest absolute Gasteiger partial charge is 0.492 e. The number of aryl methyl sites for hydroxylation is 2. The summed E-state index contributed by atoms with van der Waals surface area (Å²) in [5, 5.41) is 6.49. The van der Waals surface area contributed by atoms with Crippen molar-refractivity contribution in [3.8, 4) is 5.75 Å². The molecule has 0 radical (unpaired) electrons. The number of hydrogen-bond acceptors (Lipinski definition) is 6. The topological polar surface area (TPSA) is 111 Å². The van der Waals surface area contributed by atoms with Crippen molar-refractivity contribution < 1.29 is 22.5 Å². The van der Waals surface area contributed by atoms with Crippen molar-refractivity contribution in [2.45, 2.75) is 38.5 Å². The van der Waals surface area contributed by atoms with Crippen molar-refractivity contribution in [2.75, 3.05) is 16.6 Å². The minimum Gasteiger partial charge on any atom is -0.492 e. The molecule has 3 rings (SSSR count). The van der Waals surface area contributed by atoms with Crippen LogP contribution in [-0.4, -0.2) is 26.1 Å². The van der Waals surface area contributed by atoms with Crippen LogP contribution in [0.1, 0.15) is 29.7 Å². The predicted octanol–water partition coefficient (Wildman–Crippen LogP) is 4.96. The van der Waals surface area contributed by atoms with Crippen LogP contribution >= 0.6 is 15.9 Å². The Morgan fingerprint density at radius 2 is 1.84 bits per heavy atom. The molecule has 3 aromatic rings. The molecule has 0 aliphatic heterocycles. The molecular formula is C22H24BrN3O5S. The number of anilines is 2. The molecule has 1 amide bonds. The van der Waals surface area contributed by atoms with Gasteiger partial charge in [0.15, 0.2) is 0 Å². The second-order valence-corrected chi connectivity index (χ2v) is 9.82. The highest BCUT2D eigenvalue weighted by molar-refractivity contribution is 9.10. The standard InChI is InChI=1S/C22H24BrN3O5S/c1-14-6-11-20(19(23)13-14)30-12-4-5-21(27)24-17-7-9-18(10-8-17)32(28,29)26-22-15(2)16(3)25-31-22/h6-11,13,26H,4-5,12H2,1-3H3,(H,24,27). The van der Waals surface area contributed by atoms with E-state index >= 15 is 0 Å². The molecule has 0 saturated carbocycles. The number of sulfonamides is 1. The first-order chi connectivity index (χ1) is 15.2. The van der Waals surface area contributed by atoms with E-state index in [2.05, 4.69) is 31.1 Å². The molecular weight excluding hydrogens is 498 g/mol. The smallest absolute Gasteiger partial charge is 0.264 e. The summed E-state index contributed by atoms with van der Waals surface area (Å²) in [5.74, 6) is 0.634. The number of nitrogens with zero attached hydrogens (tertiary/aromatic N) is 1. The Morgan fingerprint density at radius 1 is 1.12 bits per heavy atom. The summed E-state index contributed by atoms with van der Waals surface area (Å²) in [6.45, 7) is 5.84. The number of ether oxygens (including phenoxy) is 1. The SMILES string of the molecule is Cc1ccc(OCCCC(=O)Nc2ccc(S(=O)(=O)Nc3onc(C)c3C)cc2)c(Br)c1. The zero-order valence-electron chi connectivity index (χ0n) is 17.9. The molecule has 2 aromatic carbocycles. The van der Waals surface area contributed by atoms with Gasteiger partial charge in [-0.3, -0.25) is 4.79 Å². The fourth-order valence-electron chi connectivity index (χ4n) is 2.77. The Morgan fingerprint density at radius 3 is 2.47 bits per heavy atom. The van der Waals surface area contributed by atoms with Crippen molar-refractivity contribution in [1.82, 2.24) is 5.16 Å². The average Bonchev–Trinajstić information content (AvgIpc) is 3.04. The number of carbonyl (C=O) groups excluding carboxylic acids is 1. The van der Waals surface area contributed by atoms with Crippen molar-refractivity contribution in [1.29, 1.82) is 0 Å². The van der Waals surface area contributed by atoms with Gasteiger partial charge < -0.3 is 14.6 Å². The van der Waals surface area contributed by atoms with Crippen LogP contribution in [0.5, 0.6) is 5.75 Å². The van der Waals surface area contributed by atoms with E-state index in [9.17, 15) is 13.2 Å². The van der Waals surface area contributed by atoms with Crippen LogP contribution in [0.15, 0.2) is 56.4 Å². The molecule has 0 saturated heterocycles. The Kier molecular flexibility index (Phi) is 7.57. The van der Waals surface area contributed by atoms with Gasteiger partial charge in [0, 0.05) is 17.7 Å². The number of nitrogens with one attached hydrogen (secondary N) is 2. The molecule has 2 N–H and O–H groups in total. The third-order valence-electron chi connectivity index (χ3n) is 4.73. The van der Waals surface area contributed by atoms with Crippen molar-refractivity contribution in [3.05, 3.63) is 63.8 Å². The second kappa shape index (κ2) is 10.2. The van der Waals surface area contributed by atoms with E-state index in [4.69, 9.17) is 9.26 Å². The Labute approximate surface area is 195 Å². The summed E-state index contributed by atoms with van der Waals surface area (Å²) in [7, 11) is -3.83. The molecule has 10 heteroatoms. The van der Waals surface area contributed by atoms with E-state index in [0.29, 0.717) is 30.0 Å². The monoisotopic (exact) mass is 521 g/mol. The molecule has 0 unspecified atom stereocenters. The second-order valence-electron chi connectivity index (χ2n) is 7.29. The maximum Gasteiger partial charge on any atom is 0.264 e.